The van der Waals surface area contributed by atoms with Gasteiger partial charge in [0, 0.05) is 18.0 Å². The van der Waals surface area contributed by atoms with Crippen molar-refractivity contribution >= 4 is 5.91 Å². The van der Waals surface area contributed by atoms with Crippen molar-refractivity contribution in [3.8, 4) is 0 Å². The van der Waals surface area contributed by atoms with E-state index in [1.807, 2.05) is 6.08 Å². The van der Waals surface area contributed by atoms with Gasteiger partial charge >= 0.3 is 0 Å². The number of nitrogens with one attached hydrogen (secondary N) is 2. The summed E-state index contributed by atoms with van der Waals surface area (Å²) in [6, 6.07) is 0. The molecule has 0 spiro atoms. The van der Waals surface area contributed by atoms with Crippen LogP contribution < -0.4 is 10.9 Å². The van der Waals surface area contributed by atoms with Crippen molar-refractivity contribution in [3.05, 3.63) is 11.6 Å². The summed E-state index contributed by atoms with van der Waals surface area (Å²) in [6.07, 6.45) is 3.05. The van der Waals surface area contributed by atoms with Crippen LogP contribution in [0, 0.1) is 5.92 Å². The lowest BCUT2D eigenvalue weighted by molar-refractivity contribution is -0.120. The summed E-state index contributed by atoms with van der Waals surface area (Å²) in [7, 11) is 0. The molecule has 1 fully saturated rings. The molecular weight excluding hydrogens is 116 g/mol. The zero-order valence-corrected chi connectivity index (χ0v) is 4.98. The summed E-state index contributed by atoms with van der Waals surface area (Å²) >= 11 is 0. The van der Waals surface area contributed by atoms with Gasteiger partial charge in [-0.3, -0.25) is 10.2 Å². The predicted molar refractivity (Wildman–Crippen MR) is 32.3 cm³/mol. The number of hydrazine groups is 1. The Labute approximate surface area is 53.1 Å². The largest absolute Gasteiger partial charge is 0.288 e. The van der Waals surface area contributed by atoms with Crippen molar-refractivity contribution in [2.75, 3.05) is 6.54 Å². The van der Waals surface area contributed by atoms with E-state index in [4.69, 9.17) is 0 Å². The fraction of sp³-hybridized carbons (Fsp3) is 0.500. The highest BCUT2D eigenvalue weighted by Crippen LogP contribution is 2.27. The molecule has 1 heterocycles. The minimum Gasteiger partial charge on any atom is -0.288 e. The molecule has 1 aliphatic heterocycles. The first kappa shape index (κ1) is 4.99. The molecule has 0 saturated carbocycles. The Bertz CT molecular complexity index is 185. The zero-order chi connectivity index (χ0) is 6.27. The quantitative estimate of drug-likeness (QED) is 0.460. The summed E-state index contributed by atoms with van der Waals surface area (Å²) in [5, 5.41) is 0. The van der Waals surface area contributed by atoms with Crippen molar-refractivity contribution in [1.29, 1.82) is 0 Å². The fourth-order valence-electron chi connectivity index (χ4n) is 1.20. The first-order valence-corrected chi connectivity index (χ1v) is 3.11. The Hall–Kier alpha value is -0.830. The number of carbonyl (C=O) groups excluding carboxylic acids is 1. The van der Waals surface area contributed by atoms with Crippen LogP contribution >= 0.6 is 0 Å². The lowest BCUT2D eigenvalue weighted by Gasteiger charge is -2.31. The van der Waals surface area contributed by atoms with Crippen molar-refractivity contribution in [1.82, 2.24) is 10.9 Å². The van der Waals surface area contributed by atoms with E-state index in [1.54, 1.807) is 0 Å². The molecule has 2 rings (SSSR count). The van der Waals surface area contributed by atoms with E-state index in [0.717, 1.165) is 18.5 Å². The van der Waals surface area contributed by atoms with Crippen molar-refractivity contribution in [2.45, 2.75) is 6.42 Å². The number of allylic oxidation sites excluding steroid dienone is 1. The van der Waals surface area contributed by atoms with E-state index >= 15 is 0 Å². The molecular formula is C6H8N2O. The molecule has 9 heavy (non-hydrogen) atoms. The Morgan fingerprint density at radius 1 is 1.67 bits per heavy atom. The molecule has 0 bridgehead atoms. The molecule has 1 saturated heterocycles. The molecule has 1 unspecified atom stereocenters. The van der Waals surface area contributed by atoms with Gasteiger partial charge in [0.25, 0.3) is 5.91 Å². The van der Waals surface area contributed by atoms with Crippen LogP contribution in [0.1, 0.15) is 6.42 Å². The van der Waals surface area contributed by atoms with Crippen LogP contribution in [-0.2, 0) is 4.79 Å². The van der Waals surface area contributed by atoms with E-state index in [1.165, 1.54) is 0 Å². The van der Waals surface area contributed by atoms with Gasteiger partial charge < -0.3 is 0 Å². The molecule has 0 radical (unpaired) electrons. The van der Waals surface area contributed by atoms with E-state index in [-0.39, 0.29) is 5.91 Å². The van der Waals surface area contributed by atoms with Gasteiger partial charge in [-0.15, -0.1) is 0 Å². The third kappa shape index (κ3) is 0.580. The molecule has 0 aromatic rings. The highest BCUT2D eigenvalue weighted by molar-refractivity contribution is 5.95. The van der Waals surface area contributed by atoms with E-state index in [9.17, 15) is 4.79 Å². The maximum Gasteiger partial charge on any atom is 0.261 e. The minimum atomic E-state index is 0.0532. The van der Waals surface area contributed by atoms with Gasteiger partial charge in [-0.2, -0.15) is 0 Å². The van der Waals surface area contributed by atoms with E-state index < -0.39 is 0 Å². The van der Waals surface area contributed by atoms with Crippen LogP contribution in [0.5, 0.6) is 0 Å². The lowest BCUT2D eigenvalue weighted by atomic mass is 9.83. The molecule has 1 aliphatic carbocycles. The Kier molecular flexibility index (Phi) is 0.873. The summed E-state index contributed by atoms with van der Waals surface area (Å²) in [5.41, 5.74) is 6.35. The first-order chi connectivity index (χ1) is 4.38. The minimum absolute atomic E-state index is 0.0532. The number of amides is 1. The average Bonchev–Trinajstić information content (AvgIpc) is 1.74. The van der Waals surface area contributed by atoms with Crippen LogP contribution in [0.25, 0.3) is 0 Å². The summed E-state index contributed by atoms with van der Waals surface area (Å²) in [6.45, 7) is 0.900. The molecule has 2 N–H and O–H groups in total. The van der Waals surface area contributed by atoms with Crippen molar-refractivity contribution < 1.29 is 4.79 Å². The number of rotatable bonds is 0. The van der Waals surface area contributed by atoms with Crippen LogP contribution in [-0.4, -0.2) is 12.5 Å². The number of carbonyl (C=O) groups is 1. The molecule has 0 aromatic carbocycles. The SMILES string of the molecule is O=C1NNCC2CC=C12. The summed E-state index contributed by atoms with van der Waals surface area (Å²) in [4.78, 5) is 10.8. The Morgan fingerprint density at radius 3 is 3.00 bits per heavy atom. The van der Waals surface area contributed by atoms with Gasteiger partial charge in [-0.25, -0.2) is 5.43 Å². The lowest BCUT2D eigenvalue weighted by Crippen LogP contribution is -2.50. The van der Waals surface area contributed by atoms with Gasteiger partial charge in [-0.05, 0) is 6.42 Å². The number of fused-ring (bicyclic) bond motifs is 1. The van der Waals surface area contributed by atoms with Gasteiger partial charge in [0.05, 0.1) is 0 Å². The van der Waals surface area contributed by atoms with Crippen molar-refractivity contribution in [3.63, 3.8) is 0 Å². The molecule has 0 aromatic heterocycles. The zero-order valence-electron chi connectivity index (χ0n) is 4.98. The van der Waals surface area contributed by atoms with E-state index in [2.05, 4.69) is 10.9 Å². The average molecular weight is 124 g/mol. The standard InChI is InChI=1S/C6H8N2O/c9-6-5-2-1-4(5)3-7-8-6/h2,4,7H,1,3H2,(H,8,9). The normalized spacial score (nSPS) is 31.8. The highest BCUT2D eigenvalue weighted by Gasteiger charge is 2.29. The summed E-state index contributed by atoms with van der Waals surface area (Å²) in [5.74, 6) is 0.552. The highest BCUT2D eigenvalue weighted by atomic mass is 16.2. The second kappa shape index (κ2) is 1.57. The van der Waals surface area contributed by atoms with Crippen LogP contribution in [0.4, 0.5) is 0 Å². The second-order valence-electron chi connectivity index (χ2n) is 2.43. The molecule has 48 valence electrons. The van der Waals surface area contributed by atoms with Crippen LogP contribution in [0.3, 0.4) is 0 Å². The summed E-state index contributed by atoms with van der Waals surface area (Å²) < 4.78 is 0. The first-order valence-electron chi connectivity index (χ1n) is 3.11. The molecule has 3 heteroatoms. The topological polar surface area (TPSA) is 41.1 Å². The Morgan fingerprint density at radius 2 is 2.56 bits per heavy atom. The molecule has 3 nitrogen and oxygen atoms in total. The fourth-order valence-corrected chi connectivity index (χ4v) is 1.20. The molecule has 1 amide bonds. The third-order valence-corrected chi connectivity index (χ3v) is 1.87. The number of hydrogen-bond donors (Lipinski definition) is 2. The Balaban J connectivity index is 2.21. The van der Waals surface area contributed by atoms with E-state index in [0.29, 0.717) is 5.92 Å². The van der Waals surface area contributed by atoms with Crippen LogP contribution in [0.2, 0.25) is 0 Å². The van der Waals surface area contributed by atoms with Gasteiger partial charge in [0.15, 0.2) is 0 Å². The number of hydrogen-bond acceptors (Lipinski definition) is 2. The van der Waals surface area contributed by atoms with Gasteiger partial charge in [0.2, 0.25) is 0 Å². The molecule has 1 atom stereocenters. The maximum absolute atomic E-state index is 10.8. The van der Waals surface area contributed by atoms with Crippen molar-refractivity contribution in [2.24, 2.45) is 5.92 Å². The third-order valence-electron chi connectivity index (χ3n) is 1.87. The predicted octanol–water partition coefficient (Wildman–Crippen LogP) is -0.433. The van der Waals surface area contributed by atoms with Gasteiger partial charge in [-0.1, -0.05) is 6.08 Å². The van der Waals surface area contributed by atoms with Gasteiger partial charge in [0.1, 0.15) is 0 Å². The smallest absolute Gasteiger partial charge is 0.261 e. The second-order valence-corrected chi connectivity index (χ2v) is 2.43. The molecule has 2 aliphatic rings. The monoisotopic (exact) mass is 124 g/mol. The maximum atomic E-state index is 10.8. The van der Waals surface area contributed by atoms with Crippen LogP contribution in [0.15, 0.2) is 11.6 Å².